The monoisotopic (exact) mass is 262 g/mol. The predicted octanol–water partition coefficient (Wildman–Crippen LogP) is 1.64. The molecule has 0 unspecified atom stereocenters. The number of ether oxygens (including phenoxy) is 2. The highest BCUT2D eigenvalue weighted by Crippen LogP contribution is 2.30. The third-order valence-corrected chi connectivity index (χ3v) is 2.19. The zero-order valence-corrected chi connectivity index (χ0v) is 10.3. The molecule has 0 atom stereocenters. The highest BCUT2D eigenvalue weighted by molar-refractivity contribution is 5.88. The molecule has 1 aromatic heterocycles. The summed E-state index contributed by atoms with van der Waals surface area (Å²) in [5.41, 5.74) is -0.385. The van der Waals surface area contributed by atoms with Gasteiger partial charge in [0.2, 0.25) is 0 Å². The summed E-state index contributed by atoms with van der Waals surface area (Å²) in [5, 5.41) is 0.436. The Labute approximate surface area is 107 Å². The summed E-state index contributed by atoms with van der Waals surface area (Å²) in [5.74, 6) is -0.783. The zero-order valence-electron chi connectivity index (χ0n) is 10.3. The molecule has 19 heavy (non-hydrogen) atoms. The third kappa shape index (κ3) is 2.98. The van der Waals surface area contributed by atoms with Crippen LogP contribution in [0.2, 0.25) is 0 Å². The van der Waals surface area contributed by atoms with Gasteiger partial charge in [-0.1, -0.05) is 0 Å². The van der Waals surface area contributed by atoms with Crippen LogP contribution in [0, 0.1) is 0 Å². The van der Waals surface area contributed by atoms with Crippen molar-refractivity contribution in [2.45, 2.75) is 13.8 Å². The first-order valence-corrected chi connectivity index (χ1v) is 5.40. The van der Waals surface area contributed by atoms with Gasteiger partial charge in [-0.15, -0.1) is 0 Å². The number of fused-ring (bicyclic) bond motifs is 1. The number of esters is 2. The summed E-state index contributed by atoms with van der Waals surface area (Å²) in [6.45, 7) is 2.47. The Morgan fingerprint density at radius 3 is 2.37 bits per heavy atom. The van der Waals surface area contributed by atoms with Crippen molar-refractivity contribution in [2.75, 3.05) is 0 Å². The lowest BCUT2D eigenvalue weighted by Gasteiger charge is -2.08. The Bertz CT molecular complexity index is 713. The van der Waals surface area contributed by atoms with Gasteiger partial charge in [0.05, 0.1) is 5.39 Å². The quantitative estimate of drug-likeness (QED) is 0.465. The average molecular weight is 262 g/mol. The molecule has 1 heterocycles. The summed E-state index contributed by atoms with van der Waals surface area (Å²) in [7, 11) is 0. The number of rotatable bonds is 2. The van der Waals surface area contributed by atoms with Crippen LogP contribution in [0.4, 0.5) is 0 Å². The summed E-state index contributed by atoms with van der Waals surface area (Å²) < 4.78 is 14.9. The number of carbonyl (C=O) groups is 2. The van der Waals surface area contributed by atoms with Gasteiger partial charge in [-0.25, -0.2) is 4.79 Å². The van der Waals surface area contributed by atoms with E-state index in [9.17, 15) is 14.4 Å². The molecule has 0 aliphatic heterocycles. The molecule has 2 aromatic rings. The van der Waals surface area contributed by atoms with E-state index in [1.807, 2.05) is 0 Å². The van der Waals surface area contributed by atoms with E-state index in [2.05, 4.69) is 0 Å². The van der Waals surface area contributed by atoms with Crippen LogP contribution in [0.1, 0.15) is 13.8 Å². The molecule has 0 bridgehead atoms. The van der Waals surface area contributed by atoms with E-state index in [1.165, 1.54) is 38.1 Å². The van der Waals surface area contributed by atoms with E-state index in [0.29, 0.717) is 5.39 Å². The third-order valence-electron chi connectivity index (χ3n) is 2.19. The van der Waals surface area contributed by atoms with E-state index < -0.39 is 17.6 Å². The van der Waals surface area contributed by atoms with Crippen molar-refractivity contribution in [3.05, 3.63) is 34.7 Å². The lowest BCUT2D eigenvalue weighted by atomic mass is 10.2. The first-order chi connectivity index (χ1) is 8.95. The summed E-state index contributed by atoms with van der Waals surface area (Å²) in [4.78, 5) is 33.1. The van der Waals surface area contributed by atoms with Crippen LogP contribution in [-0.2, 0) is 9.59 Å². The minimum atomic E-state index is -0.554. The van der Waals surface area contributed by atoms with Crippen LogP contribution < -0.4 is 15.1 Å². The highest BCUT2D eigenvalue weighted by Gasteiger charge is 2.11. The maximum atomic E-state index is 11.2. The Morgan fingerprint density at radius 2 is 1.74 bits per heavy atom. The number of hydrogen-bond donors (Lipinski definition) is 0. The van der Waals surface area contributed by atoms with Gasteiger partial charge in [-0.3, -0.25) is 9.59 Å². The molecule has 0 amide bonds. The van der Waals surface area contributed by atoms with E-state index in [1.54, 1.807) is 0 Å². The van der Waals surface area contributed by atoms with Gasteiger partial charge in [0.25, 0.3) is 0 Å². The second-order valence-corrected chi connectivity index (χ2v) is 3.77. The Balaban J connectivity index is 2.64. The normalized spacial score (nSPS) is 10.2. The molecular formula is C13H10O6. The molecule has 0 aliphatic rings. The SMILES string of the molecule is CC(=O)Oc1cc(OC(C)=O)c2ccc(=O)oc2c1. The molecule has 0 radical (unpaired) electrons. The highest BCUT2D eigenvalue weighted by atomic mass is 16.5. The fourth-order valence-electron chi connectivity index (χ4n) is 1.58. The maximum absolute atomic E-state index is 11.2. The molecule has 2 rings (SSSR count). The van der Waals surface area contributed by atoms with Gasteiger partial charge >= 0.3 is 17.6 Å². The van der Waals surface area contributed by atoms with E-state index in [4.69, 9.17) is 13.9 Å². The summed E-state index contributed by atoms with van der Waals surface area (Å²) in [6, 6.07) is 5.44. The largest absolute Gasteiger partial charge is 0.426 e. The van der Waals surface area contributed by atoms with E-state index >= 15 is 0 Å². The van der Waals surface area contributed by atoms with Gasteiger partial charge < -0.3 is 13.9 Å². The van der Waals surface area contributed by atoms with Gasteiger partial charge in [-0.2, -0.15) is 0 Å². The van der Waals surface area contributed by atoms with Crippen LogP contribution in [0.3, 0.4) is 0 Å². The minimum absolute atomic E-state index is 0.130. The second-order valence-electron chi connectivity index (χ2n) is 3.77. The van der Waals surface area contributed by atoms with Gasteiger partial charge in [0.15, 0.2) is 0 Å². The van der Waals surface area contributed by atoms with Crippen molar-refractivity contribution in [3.63, 3.8) is 0 Å². The van der Waals surface area contributed by atoms with Crippen LogP contribution >= 0.6 is 0 Å². The van der Waals surface area contributed by atoms with Crippen LogP contribution in [0.5, 0.6) is 11.5 Å². The van der Waals surface area contributed by atoms with E-state index in [0.717, 1.165) is 0 Å². The van der Waals surface area contributed by atoms with Crippen molar-refractivity contribution >= 4 is 22.9 Å². The van der Waals surface area contributed by atoms with Crippen molar-refractivity contribution in [3.8, 4) is 11.5 Å². The summed E-state index contributed by atoms with van der Waals surface area (Å²) in [6.07, 6.45) is 0. The lowest BCUT2D eigenvalue weighted by molar-refractivity contribution is -0.132. The molecule has 98 valence electrons. The Kier molecular flexibility index (Phi) is 3.33. The smallest absolute Gasteiger partial charge is 0.336 e. The molecule has 0 saturated heterocycles. The van der Waals surface area contributed by atoms with Crippen molar-refractivity contribution in [2.24, 2.45) is 0 Å². The first-order valence-electron chi connectivity index (χ1n) is 5.40. The average Bonchev–Trinajstić information content (AvgIpc) is 2.26. The first kappa shape index (κ1) is 12.8. The predicted molar refractivity (Wildman–Crippen MR) is 65.1 cm³/mol. The van der Waals surface area contributed by atoms with E-state index in [-0.39, 0.29) is 17.1 Å². The van der Waals surface area contributed by atoms with Gasteiger partial charge in [0, 0.05) is 32.0 Å². The molecule has 0 fully saturated rings. The number of benzene rings is 1. The molecule has 0 spiro atoms. The van der Waals surface area contributed by atoms with Crippen LogP contribution in [-0.4, -0.2) is 11.9 Å². The molecule has 6 heteroatoms. The van der Waals surface area contributed by atoms with Crippen molar-refractivity contribution in [1.82, 2.24) is 0 Å². The van der Waals surface area contributed by atoms with Crippen LogP contribution in [0.15, 0.2) is 33.5 Å². The topological polar surface area (TPSA) is 82.8 Å². The fourth-order valence-corrected chi connectivity index (χ4v) is 1.58. The molecule has 1 aromatic carbocycles. The van der Waals surface area contributed by atoms with Crippen molar-refractivity contribution in [1.29, 1.82) is 0 Å². The molecule has 0 aliphatic carbocycles. The van der Waals surface area contributed by atoms with Crippen molar-refractivity contribution < 1.29 is 23.5 Å². The second kappa shape index (κ2) is 4.93. The molecular weight excluding hydrogens is 252 g/mol. The van der Waals surface area contributed by atoms with Crippen LogP contribution in [0.25, 0.3) is 11.0 Å². The lowest BCUT2D eigenvalue weighted by Crippen LogP contribution is -2.05. The molecule has 0 saturated carbocycles. The Hall–Kier alpha value is -2.63. The molecule has 6 nitrogen and oxygen atoms in total. The standard InChI is InChI=1S/C13H10O6/c1-7(14)17-9-5-11(18-8(2)15)10-3-4-13(16)19-12(10)6-9/h3-6H,1-2H3. The number of hydrogen-bond acceptors (Lipinski definition) is 6. The minimum Gasteiger partial charge on any atom is -0.426 e. The van der Waals surface area contributed by atoms with Gasteiger partial charge in [0.1, 0.15) is 17.1 Å². The Morgan fingerprint density at radius 1 is 1.05 bits per heavy atom. The number of carbonyl (C=O) groups excluding carboxylic acids is 2. The zero-order chi connectivity index (χ0) is 14.0. The summed E-state index contributed by atoms with van der Waals surface area (Å²) >= 11 is 0. The maximum Gasteiger partial charge on any atom is 0.336 e. The fraction of sp³-hybridized carbons (Fsp3) is 0.154. The molecule has 0 N–H and O–H groups in total. The van der Waals surface area contributed by atoms with Gasteiger partial charge in [-0.05, 0) is 6.07 Å².